The molecule has 0 fully saturated rings. The van der Waals surface area contributed by atoms with E-state index in [1.165, 1.54) is 6.42 Å². The third-order valence-electron chi connectivity index (χ3n) is 1.48. The maximum Gasteiger partial charge on any atom is 0.0516 e. The van der Waals surface area contributed by atoms with Crippen LogP contribution in [-0.4, -0.2) is 21.4 Å². The summed E-state index contributed by atoms with van der Waals surface area (Å²) in [6, 6.07) is 0. The zero-order chi connectivity index (χ0) is 7.28. The van der Waals surface area contributed by atoms with Gasteiger partial charge in [-0.2, -0.15) is 0 Å². The van der Waals surface area contributed by atoms with Gasteiger partial charge >= 0.3 is 0 Å². The lowest BCUT2D eigenvalue weighted by Gasteiger charge is -2.16. The average Bonchev–Trinajstić information content (AvgIpc) is 1.82. The standard InChI is InChI=1S/C6H18N2Si/c1-4-6(9-3)8-5(2)7/h5-6,8H,4,7,9H2,1-3H3. The van der Waals surface area contributed by atoms with Gasteiger partial charge in [-0.1, -0.05) is 13.5 Å². The molecular weight excluding hydrogens is 128 g/mol. The van der Waals surface area contributed by atoms with Crippen LogP contribution in [0.1, 0.15) is 20.3 Å². The first kappa shape index (κ1) is 9.14. The molecule has 0 saturated heterocycles. The van der Waals surface area contributed by atoms with Crippen molar-refractivity contribution in [3.05, 3.63) is 0 Å². The Bertz CT molecular complexity index is 62.1. The first-order valence-electron chi connectivity index (χ1n) is 3.72. The lowest BCUT2D eigenvalue weighted by molar-refractivity contribution is 0.526. The lowest BCUT2D eigenvalue weighted by atomic mass is 10.4. The molecule has 0 aliphatic heterocycles. The second-order valence-corrected chi connectivity index (χ2v) is 4.27. The minimum absolute atomic E-state index is 0.0940. The summed E-state index contributed by atoms with van der Waals surface area (Å²) in [5.74, 6) is 0. The van der Waals surface area contributed by atoms with Crippen LogP contribution in [0.15, 0.2) is 0 Å². The van der Waals surface area contributed by atoms with Gasteiger partial charge in [-0.3, -0.25) is 0 Å². The fraction of sp³-hybridized carbons (Fsp3) is 1.00. The summed E-state index contributed by atoms with van der Waals surface area (Å²) in [4.78, 5) is 0. The van der Waals surface area contributed by atoms with Crippen LogP contribution in [0.5, 0.6) is 0 Å². The summed E-state index contributed by atoms with van der Waals surface area (Å²) in [5.41, 5.74) is 6.30. The van der Waals surface area contributed by atoms with Crippen molar-refractivity contribution in [2.45, 2.75) is 38.6 Å². The summed E-state index contributed by atoms with van der Waals surface area (Å²) < 4.78 is 0. The van der Waals surface area contributed by atoms with Crippen LogP contribution in [0.4, 0.5) is 0 Å². The van der Waals surface area contributed by atoms with Gasteiger partial charge in [-0.25, -0.2) is 0 Å². The fourth-order valence-electron chi connectivity index (χ4n) is 0.896. The van der Waals surface area contributed by atoms with E-state index in [4.69, 9.17) is 5.73 Å². The summed E-state index contributed by atoms with van der Waals surface area (Å²) in [6.07, 6.45) is 1.40. The van der Waals surface area contributed by atoms with Gasteiger partial charge in [0.15, 0.2) is 0 Å². The number of hydrogen-bond acceptors (Lipinski definition) is 2. The first-order valence-corrected chi connectivity index (χ1v) is 5.95. The summed E-state index contributed by atoms with van der Waals surface area (Å²) in [5, 5.41) is 3.32. The van der Waals surface area contributed by atoms with Crippen molar-refractivity contribution in [1.29, 1.82) is 0 Å². The number of rotatable bonds is 4. The topological polar surface area (TPSA) is 38.0 Å². The Morgan fingerprint density at radius 2 is 2.22 bits per heavy atom. The second-order valence-electron chi connectivity index (χ2n) is 2.47. The van der Waals surface area contributed by atoms with Crippen molar-refractivity contribution in [1.82, 2.24) is 5.32 Å². The van der Waals surface area contributed by atoms with Crippen molar-refractivity contribution < 1.29 is 0 Å². The van der Waals surface area contributed by atoms with E-state index >= 15 is 0 Å². The van der Waals surface area contributed by atoms with Crippen LogP contribution in [0.2, 0.25) is 6.55 Å². The number of hydrogen-bond donors (Lipinski definition) is 2. The smallest absolute Gasteiger partial charge is 0.0516 e. The van der Waals surface area contributed by atoms with Gasteiger partial charge in [-0.15, -0.1) is 0 Å². The van der Waals surface area contributed by atoms with Gasteiger partial charge in [0.05, 0.1) is 6.17 Å². The van der Waals surface area contributed by atoms with Crippen LogP contribution in [0.3, 0.4) is 0 Å². The van der Waals surface area contributed by atoms with Crippen LogP contribution >= 0.6 is 0 Å². The minimum atomic E-state index is 0.0940. The zero-order valence-electron chi connectivity index (χ0n) is 6.65. The highest BCUT2D eigenvalue weighted by atomic mass is 28.2. The van der Waals surface area contributed by atoms with Crippen molar-refractivity contribution in [2.24, 2.45) is 5.73 Å². The zero-order valence-corrected chi connectivity index (χ0v) is 8.06. The molecule has 2 nitrogen and oxygen atoms in total. The Kier molecular flexibility index (Phi) is 5.04. The molecule has 0 saturated carbocycles. The van der Waals surface area contributed by atoms with E-state index in [-0.39, 0.29) is 15.7 Å². The van der Waals surface area contributed by atoms with E-state index in [1.54, 1.807) is 0 Å². The summed E-state index contributed by atoms with van der Waals surface area (Å²) in [7, 11) is 0.0940. The van der Waals surface area contributed by atoms with Gasteiger partial charge < -0.3 is 11.1 Å². The third kappa shape index (κ3) is 4.63. The Morgan fingerprint density at radius 1 is 1.67 bits per heavy atom. The maximum absolute atomic E-state index is 5.56. The van der Waals surface area contributed by atoms with E-state index in [2.05, 4.69) is 18.8 Å². The Morgan fingerprint density at radius 3 is 2.33 bits per heavy atom. The SMILES string of the molecule is CCC(NC(C)N)[SiH2]C. The van der Waals surface area contributed by atoms with Gasteiger partial charge in [0.1, 0.15) is 0 Å². The van der Waals surface area contributed by atoms with Gasteiger partial charge in [0.25, 0.3) is 0 Å². The fourth-order valence-corrected chi connectivity index (χ4v) is 2.08. The molecule has 0 aliphatic rings. The number of nitrogens with two attached hydrogens (primary N) is 1. The molecule has 0 heterocycles. The minimum Gasteiger partial charge on any atom is -0.316 e. The molecule has 0 rings (SSSR count). The Labute approximate surface area is 60.0 Å². The molecule has 9 heavy (non-hydrogen) atoms. The lowest BCUT2D eigenvalue weighted by Crippen LogP contribution is -2.44. The van der Waals surface area contributed by atoms with Crippen molar-refractivity contribution >= 4 is 9.52 Å². The van der Waals surface area contributed by atoms with E-state index in [9.17, 15) is 0 Å². The summed E-state index contributed by atoms with van der Waals surface area (Å²) in [6.45, 7) is 6.51. The molecule has 3 N–H and O–H groups in total. The summed E-state index contributed by atoms with van der Waals surface area (Å²) >= 11 is 0. The molecule has 0 aromatic rings. The van der Waals surface area contributed by atoms with E-state index in [1.807, 2.05) is 6.92 Å². The molecule has 0 amide bonds. The molecular formula is C6H18N2Si. The van der Waals surface area contributed by atoms with Gasteiger partial charge in [0, 0.05) is 9.52 Å². The second kappa shape index (κ2) is 4.96. The average molecular weight is 146 g/mol. The Hall–Kier alpha value is 0.137. The molecule has 0 aromatic heterocycles. The highest BCUT2D eigenvalue weighted by Gasteiger charge is 2.02. The third-order valence-corrected chi connectivity index (χ3v) is 3.28. The van der Waals surface area contributed by atoms with Gasteiger partial charge in [-0.05, 0) is 19.0 Å². The van der Waals surface area contributed by atoms with Crippen LogP contribution in [0, 0.1) is 0 Å². The predicted octanol–water partition coefficient (Wildman–Crippen LogP) is -0.166. The monoisotopic (exact) mass is 146 g/mol. The molecule has 3 heteroatoms. The number of nitrogens with one attached hydrogen (secondary N) is 1. The first-order chi connectivity index (χ1) is 4.20. The van der Waals surface area contributed by atoms with Crippen LogP contribution < -0.4 is 11.1 Å². The quantitative estimate of drug-likeness (QED) is 0.427. The molecule has 0 spiro atoms. The molecule has 56 valence electrons. The van der Waals surface area contributed by atoms with E-state index < -0.39 is 0 Å². The normalized spacial score (nSPS) is 18.7. The molecule has 2 atom stereocenters. The van der Waals surface area contributed by atoms with Crippen LogP contribution in [0.25, 0.3) is 0 Å². The predicted molar refractivity (Wildman–Crippen MR) is 45.3 cm³/mol. The largest absolute Gasteiger partial charge is 0.316 e. The molecule has 0 aliphatic carbocycles. The molecule has 2 unspecified atom stereocenters. The van der Waals surface area contributed by atoms with Gasteiger partial charge in [0.2, 0.25) is 0 Å². The van der Waals surface area contributed by atoms with Crippen molar-refractivity contribution in [3.8, 4) is 0 Å². The molecule has 0 bridgehead atoms. The maximum atomic E-state index is 5.56. The van der Waals surface area contributed by atoms with E-state index in [0.29, 0.717) is 0 Å². The Balaban J connectivity index is 3.31. The highest BCUT2D eigenvalue weighted by molar-refractivity contribution is 6.35. The van der Waals surface area contributed by atoms with Crippen molar-refractivity contribution in [2.75, 3.05) is 0 Å². The van der Waals surface area contributed by atoms with E-state index in [0.717, 1.165) is 5.67 Å². The van der Waals surface area contributed by atoms with Crippen LogP contribution in [-0.2, 0) is 0 Å². The molecule has 0 radical (unpaired) electrons. The highest BCUT2D eigenvalue weighted by Crippen LogP contribution is 1.87. The molecule has 0 aromatic carbocycles. The van der Waals surface area contributed by atoms with Crippen molar-refractivity contribution in [3.63, 3.8) is 0 Å².